The van der Waals surface area contributed by atoms with E-state index in [4.69, 9.17) is 60.0 Å². The topological polar surface area (TPSA) is 316 Å². The van der Waals surface area contributed by atoms with E-state index in [0.717, 1.165) is 27.7 Å². The van der Waals surface area contributed by atoms with Crippen molar-refractivity contribution < 1.29 is 69.9 Å². The highest BCUT2D eigenvalue weighted by atomic mass is 16.7. The molecule has 31 heavy (non-hydrogen) atoms. The van der Waals surface area contributed by atoms with E-state index in [1.54, 1.807) is 0 Å². The molecule has 0 aromatic heterocycles. The molecule has 0 aromatic carbocycles. The molecule has 2 atom stereocenters. The average molecular weight is 466 g/mol. The number of rotatable bonds is 6. The van der Waals surface area contributed by atoms with Gasteiger partial charge in [0.05, 0.1) is 0 Å². The van der Waals surface area contributed by atoms with Gasteiger partial charge in [0.1, 0.15) is 13.2 Å². The Morgan fingerprint density at radius 2 is 1.00 bits per heavy atom. The van der Waals surface area contributed by atoms with Crippen LogP contribution in [0, 0.1) is 20.2 Å². The van der Waals surface area contributed by atoms with Gasteiger partial charge < -0.3 is 40.9 Å². The van der Waals surface area contributed by atoms with Crippen LogP contribution in [0.1, 0.15) is 27.7 Å². The van der Waals surface area contributed by atoms with Gasteiger partial charge in [0.15, 0.2) is 0 Å². The lowest BCUT2D eigenvalue weighted by Crippen LogP contribution is -2.64. The van der Waals surface area contributed by atoms with Crippen LogP contribution < -0.4 is 0 Å². The fourth-order valence-electron chi connectivity index (χ4n) is 1.04. The number of aliphatic hydroxyl groups excluding tert-OH is 3. The van der Waals surface area contributed by atoms with Crippen LogP contribution in [0.4, 0.5) is 0 Å². The van der Waals surface area contributed by atoms with Gasteiger partial charge in [0.2, 0.25) is 6.29 Å². The van der Waals surface area contributed by atoms with Gasteiger partial charge in [-0.1, -0.05) is 0 Å². The quantitative estimate of drug-likeness (QED) is 0.112. The highest BCUT2D eigenvalue weighted by Gasteiger charge is 2.63. The number of aliphatic hydroxyl groups is 4. The van der Waals surface area contributed by atoms with Crippen LogP contribution in [0.3, 0.4) is 0 Å². The van der Waals surface area contributed by atoms with Gasteiger partial charge in [-0.05, 0) is 0 Å². The van der Waals surface area contributed by atoms with Crippen molar-refractivity contribution in [2.75, 3.05) is 13.2 Å². The summed E-state index contributed by atoms with van der Waals surface area (Å²) >= 11 is 0. The van der Waals surface area contributed by atoms with Gasteiger partial charge in [-0.3, -0.25) is 39.4 Å². The maximum absolute atomic E-state index is 10.5. The molecular weight excluding hydrogens is 440 g/mol. The van der Waals surface area contributed by atoms with Crippen molar-refractivity contribution in [1.82, 2.24) is 0 Å². The molecule has 0 heterocycles. The Kier molecular flexibility index (Phi) is 26.1. The lowest BCUT2D eigenvalue weighted by atomic mass is 9.91. The fourth-order valence-corrected chi connectivity index (χ4v) is 1.04. The summed E-state index contributed by atoms with van der Waals surface area (Å²) in [5.41, 5.74) is -3.03. The number of nitrogens with zero attached hydrogens (tertiary/aromatic N) is 2. The molecule has 0 fully saturated rings. The van der Waals surface area contributed by atoms with Crippen LogP contribution in [0.5, 0.6) is 0 Å². The van der Waals surface area contributed by atoms with Crippen molar-refractivity contribution in [3.8, 4) is 0 Å². The fraction of sp³-hybridized carbons (Fsp3) is 0.692. The maximum Gasteiger partial charge on any atom is 0.361 e. The Morgan fingerprint density at radius 1 is 0.774 bits per heavy atom. The van der Waals surface area contributed by atoms with Gasteiger partial charge in [-0.25, -0.2) is 0 Å². The van der Waals surface area contributed by atoms with Crippen molar-refractivity contribution in [3.05, 3.63) is 20.2 Å². The minimum atomic E-state index is -3.03. The van der Waals surface area contributed by atoms with Crippen molar-refractivity contribution in [3.63, 3.8) is 0 Å². The molecule has 0 bridgehead atoms. The van der Waals surface area contributed by atoms with Crippen LogP contribution in [-0.4, -0.2) is 106 Å². The molecule has 0 rings (SSSR count). The second-order valence-corrected chi connectivity index (χ2v) is 4.84. The summed E-state index contributed by atoms with van der Waals surface area (Å²) < 4.78 is 0. The smallest absolute Gasteiger partial charge is 0.361 e. The van der Waals surface area contributed by atoms with E-state index in [2.05, 4.69) is 0 Å². The lowest BCUT2D eigenvalue weighted by molar-refractivity contribution is -0.674. The molecule has 0 saturated carbocycles. The molecule has 18 heteroatoms. The Balaban J connectivity index is -0.000000114. The average Bonchev–Trinajstić information content (AvgIpc) is 2.48. The zero-order valence-electron chi connectivity index (χ0n) is 16.8. The predicted octanol–water partition coefficient (Wildman–Crippen LogP) is -2.69. The van der Waals surface area contributed by atoms with E-state index in [-0.39, 0.29) is 0 Å². The number of hydrogen-bond acceptors (Lipinski definition) is 12. The molecule has 2 unspecified atom stereocenters. The summed E-state index contributed by atoms with van der Waals surface area (Å²) in [5, 5.41) is 85.2. The maximum atomic E-state index is 10.5. The number of carbonyl (C=O) groups is 4. The first kappa shape index (κ1) is 38.2. The van der Waals surface area contributed by atoms with Crippen LogP contribution in [0.2, 0.25) is 0 Å². The second-order valence-electron chi connectivity index (χ2n) is 4.84. The summed E-state index contributed by atoms with van der Waals surface area (Å²) in [7, 11) is 0. The molecular formula is C13H26N2O16. The molecule has 8 N–H and O–H groups in total. The second kappa shape index (κ2) is 21.2. The minimum absolute atomic E-state index is 0.833. The van der Waals surface area contributed by atoms with Crippen molar-refractivity contribution >= 4 is 23.9 Å². The standard InChI is InChI=1S/C5H10N2O8.4C2H4O2/c8-1-3(6(12)13)5(2-9,4(10)11)7(14)15;4*1-2(3)4/h3-4,8-11H,1-2H2;4*1H3,(H,3,4). The number of aliphatic carboxylic acids is 4. The first-order valence-electron chi connectivity index (χ1n) is 7.41. The summed E-state index contributed by atoms with van der Waals surface area (Å²) in [4.78, 5) is 54.2. The number of nitro groups is 2. The van der Waals surface area contributed by atoms with E-state index in [9.17, 15) is 20.2 Å². The highest BCUT2D eigenvalue weighted by Crippen LogP contribution is 2.21. The molecule has 0 aliphatic rings. The summed E-state index contributed by atoms with van der Waals surface area (Å²) in [5.74, 6) is -3.33. The first-order chi connectivity index (χ1) is 13.8. The van der Waals surface area contributed by atoms with Crippen molar-refractivity contribution in [2.24, 2.45) is 0 Å². The van der Waals surface area contributed by atoms with Gasteiger partial charge in [0.25, 0.3) is 23.9 Å². The molecule has 184 valence electrons. The predicted molar refractivity (Wildman–Crippen MR) is 96.1 cm³/mol. The molecule has 18 nitrogen and oxygen atoms in total. The molecule has 0 aliphatic heterocycles. The zero-order valence-corrected chi connectivity index (χ0v) is 16.8. The molecule has 0 saturated heterocycles. The zero-order chi connectivity index (χ0) is 26.5. The highest BCUT2D eigenvalue weighted by molar-refractivity contribution is 5.63. The molecule has 0 spiro atoms. The third kappa shape index (κ3) is 28.8. The Bertz CT molecular complexity index is 514. The summed E-state index contributed by atoms with van der Waals surface area (Å²) in [6.45, 7) is 1.55. The summed E-state index contributed by atoms with van der Waals surface area (Å²) in [6.07, 6.45) is -2.76. The third-order valence-electron chi connectivity index (χ3n) is 2.04. The minimum Gasteiger partial charge on any atom is -0.481 e. The number of hydrogen-bond donors (Lipinski definition) is 8. The van der Waals surface area contributed by atoms with Gasteiger partial charge in [0, 0.05) is 37.5 Å². The van der Waals surface area contributed by atoms with E-state index >= 15 is 0 Å². The van der Waals surface area contributed by atoms with E-state index in [1.807, 2.05) is 0 Å². The molecule has 0 amide bonds. The molecule has 0 aliphatic carbocycles. The van der Waals surface area contributed by atoms with Crippen LogP contribution in [0.15, 0.2) is 0 Å². The summed E-state index contributed by atoms with van der Waals surface area (Å²) in [6, 6.07) is -2.31. The number of carboxylic acid groups (broad SMARTS) is 4. The van der Waals surface area contributed by atoms with Gasteiger partial charge in [-0.15, -0.1) is 0 Å². The lowest BCUT2D eigenvalue weighted by Gasteiger charge is -2.25. The third-order valence-corrected chi connectivity index (χ3v) is 2.04. The van der Waals surface area contributed by atoms with Crippen LogP contribution >= 0.6 is 0 Å². The largest absolute Gasteiger partial charge is 0.481 e. The van der Waals surface area contributed by atoms with Crippen molar-refractivity contribution in [1.29, 1.82) is 0 Å². The normalized spacial score (nSPS) is 11.5. The van der Waals surface area contributed by atoms with Crippen LogP contribution in [-0.2, 0) is 19.2 Å². The SMILES string of the molecule is CC(=O)O.CC(=O)O.CC(=O)O.CC(=O)O.O=[N+]([O-])C(CO)C(CO)(C(O)O)[N+](=O)[O-]. The van der Waals surface area contributed by atoms with E-state index in [0.29, 0.717) is 0 Å². The Morgan fingerprint density at radius 3 is 1.03 bits per heavy atom. The number of carboxylic acids is 4. The van der Waals surface area contributed by atoms with Gasteiger partial charge in [-0.2, -0.15) is 0 Å². The van der Waals surface area contributed by atoms with E-state index < -0.39 is 64.8 Å². The van der Waals surface area contributed by atoms with Gasteiger partial charge >= 0.3 is 11.6 Å². The Hall–Kier alpha value is -3.48. The van der Waals surface area contributed by atoms with E-state index in [1.165, 1.54) is 0 Å². The van der Waals surface area contributed by atoms with Crippen molar-refractivity contribution in [2.45, 2.75) is 45.6 Å². The Labute approximate surface area is 173 Å². The monoisotopic (exact) mass is 466 g/mol. The van der Waals surface area contributed by atoms with Crippen LogP contribution in [0.25, 0.3) is 0 Å². The molecule has 0 radical (unpaired) electrons. The first-order valence-corrected chi connectivity index (χ1v) is 7.41. The molecule has 0 aromatic rings.